The highest BCUT2D eigenvalue weighted by molar-refractivity contribution is 7.99. The molecule has 0 aliphatic heterocycles. The Morgan fingerprint density at radius 2 is 1.96 bits per heavy atom. The Morgan fingerprint density at radius 1 is 1.28 bits per heavy atom. The van der Waals surface area contributed by atoms with Gasteiger partial charge in [-0.2, -0.15) is 5.26 Å². The quantitative estimate of drug-likeness (QED) is 0.834. The first-order chi connectivity index (χ1) is 12.0. The first-order valence-corrected chi connectivity index (χ1v) is 9.36. The molecule has 1 aliphatic rings. The van der Waals surface area contributed by atoms with Crippen molar-refractivity contribution in [2.24, 2.45) is 0 Å². The number of hydrogen-bond donors (Lipinski definition) is 1. The highest BCUT2D eigenvalue weighted by atomic mass is 32.2. The maximum absolute atomic E-state index is 12.3. The Morgan fingerprint density at radius 3 is 2.60 bits per heavy atom. The van der Waals surface area contributed by atoms with E-state index in [1.807, 2.05) is 42.7 Å². The molecular weight excluding hydrogens is 334 g/mol. The molecule has 1 amide bonds. The molecule has 25 heavy (non-hydrogen) atoms. The number of thioether (sulfide) groups is 1. The lowest BCUT2D eigenvalue weighted by atomic mass is 10.0. The van der Waals surface area contributed by atoms with Crippen LogP contribution in [0.1, 0.15) is 37.1 Å². The topological polar surface area (TPSA) is 83.6 Å². The Hall–Kier alpha value is -2.33. The van der Waals surface area contributed by atoms with Crippen molar-refractivity contribution < 1.29 is 4.79 Å². The van der Waals surface area contributed by atoms with Gasteiger partial charge in [0.05, 0.1) is 11.8 Å². The second-order valence-electron chi connectivity index (χ2n) is 6.44. The van der Waals surface area contributed by atoms with Crippen molar-refractivity contribution in [1.29, 1.82) is 5.26 Å². The zero-order valence-corrected chi connectivity index (χ0v) is 15.3. The van der Waals surface area contributed by atoms with Crippen molar-refractivity contribution in [2.75, 3.05) is 5.75 Å². The van der Waals surface area contributed by atoms with Crippen LogP contribution in [0.5, 0.6) is 0 Å². The molecule has 0 unspecified atom stereocenters. The van der Waals surface area contributed by atoms with Crippen LogP contribution in [0.2, 0.25) is 0 Å². The van der Waals surface area contributed by atoms with Crippen LogP contribution in [0.25, 0.3) is 5.69 Å². The van der Waals surface area contributed by atoms with E-state index in [1.165, 1.54) is 17.3 Å². The van der Waals surface area contributed by atoms with E-state index in [1.54, 1.807) is 0 Å². The van der Waals surface area contributed by atoms with E-state index < -0.39 is 5.54 Å². The van der Waals surface area contributed by atoms with Gasteiger partial charge in [0.1, 0.15) is 11.4 Å². The van der Waals surface area contributed by atoms with Crippen molar-refractivity contribution in [2.45, 2.75) is 50.2 Å². The van der Waals surface area contributed by atoms with Crippen molar-refractivity contribution in [3.05, 3.63) is 35.7 Å². The molecular formula is C18H21N5OS. The summed E-state index contributed by atoms with van der Waals surface area (Å²) in [5, 5.41) is 21.3. The van der Waals surface area contributed by atoms with E-state index in [9.17, 15) is 10.1 Å². The fraction of sp³-hybridized carbons (Fsp3) is 0.444. The van der Waals surface area contributed by atoms with Gasteiger partial charge in [0.25, 0.3) is 0 Å². The number of nitrogens with one attached hydrogen (secondary N) is 1. The van der Waals surface area contributed by atoms with Crippen molar-refractivity contribution in [1.82, 2.24) is 20.1 Å². The minimum absolute atomic E-state index is 0.135. The third-order valence-corrected chi connectivity index (χ3v) is 5.40. The largest absolute Gasteiger partial charge is 0.337 e. The number of carbonyl (C=O) groups excluding carboxylic acids is 1. The third kappa shape index (κ3) is 3.85. The Labute approximate surface area is 151 Å². The number of carbonyl (C=O) groups is 1. The first-order valence-electron chi connectivity index (χ1n) is 8.37. The average molecular weight is 355 g/mol. The SMILES string of the molecule is Cc1ccc(-n2c(C)nnc2SCC(=O)NC2(C#N)CCCC2)cc1. The molecule has 0 spiro atoms. The van der Waals surface area contributed by atoms with Gasteiger partial charge in [0.2, 0.25) is 5.91 Å². The molecule has 1 saturated carbocycles. The third-order valence-electron chi connectivity index (χ3n) is 4.47. The molecule has 0 atom stereocenters. The summed E-state index contributed by atoms with van der Waals surface area (Å²) in [6.07, 6.45) is 3.45. The van der Waals surface area contributed by atoms with Gasteiger partial charge >= 0.3 is 0 Å². The Balaban J connectivity index is 1.69. The summed E-state index contributed by atoms with van der Waals surface area (Å²) < 4.78 is 1.94. The second kappa shape index (κ2) is 7.28. The summed E-state index contributed by atoms with van der Waals surface area (Å²) in [6.45, 7) is 3.93. The smallest absolute Gasteiger partial charge is 0.231 e. The molecule has 1 heterocycles. The highest BCUT2D eigenvalue weighted by Crippen LogP contribution is 2.29. The predicted octanol–water partition coefficient (Wildman–Crippen LogP) is 2.93. The second-order valence-corrected chi connectivity index (χ2v) is 7.38. The summed E-state index contributed by atoms with van der Waals surface area (Å²) in [4.78, 5) is 12.3. The molecule has 1 aromatic heterocycles. The van der Waals surface area contributed by atoms with Gasteiger partial charge in [-0.15, -0.1) is 10.2 Å². The summed E-state index contributed by atoms with van der Waals surface area (Å²) >= 11 is 1.34. The molecule has 1 fully saturated rings. The summed E-state index contributed by atoms with van der Waals surface area (Å²) in [5.74, 6) is 0.855. The summed E-state index contributed by atoms with van der Waals surface area (Å²) in [5.41, 5.74) is 1.47. The minimum atomic E-state index is -0.682. The molecule has 7 heteroatoms. The molecule has 1 aliphatic carbocycles. The number of benzene rings is 1. The fourth-order valence-corrected chi connectivity index (χ4v) is 3.90. The Kier molecular flexibility index (Phi) is 5.09. The first kappa shape index (κ1) is 17.5. The van der Waals surface area contributed by atoms with Crippen LogP contribution in [0.4, 0.5) is 0 Å². The number of rotatable bonds is 5. The minimum Gasteiger partial charge on any atom is -0.337 e. The van der Waals surface area contributed by atoms with Crippen LogP contribution >= 0.6 is 11.8 Å². The van der Waals surface area contributed by atoms with E-state index in [4.69, 9.17) is 0 Å². The fourth-order valence-electron chi connectivity index (χ4n) is 3.10. The van der Waals surface area contributed by atoms with Gasteiger partial charge in [0, 0.05) is 5.69 Å². The maximum atomic E-state index is 12.3. The van der Waals surface area contributed by atoms with Crippen LogP contribution in [-0.4, -0.2) is 32.0 Å². The molecule has 0 saturated heterocycles. The molecule has 1 N–H and O–H groups in total. The molecule has 1 aromatic carbocycles. The van der Waals surface area contributed by atoms with E-state index in [2.05, 4.69) is 21.6 Å². The molecule has 2 aromatic rings. The molecule has 3 rings (SSSR count). The van der Waals surface area contributed by atoms with Crippen molar-refractivity contribution >= 4 is 17.7 Å². The van der Waals surface area contributed by atoms with Gasteiger partial charge in [-0.1, -0.05) is 29.5 Å². The van der Waals surface area contributed by atoms with Crippen LogP contribution in [-0.2, 0) is 4.79 Å². The normalized spacial score (nSPS) is 15.7. The van der Waals surface area contributed by atoms with Crippen LogP contribution in [0.15, 0.2) is 29.4 Å². The molecule has 6 nitrogen and oxygen atoms in total. The van der Waals surface area contributed by atoms with E-state index in [-0.39, 0.29) is 11.7 Å². The lowest BCUT2D eigenvalue weighted by Gasteiger charge is -2.21. The number of nitriles is 1. The van der Waals surface area contributed by atoms with Crippen LogP contribution < -0.4 is 5.32 Å². The van der Waals surface area contributed by atoms with E-state index >= 15 is 0 Å². The number of nitrogens with zero attached hydrogens (tertiary/aromatic N) is 4. The van der Waals surface area contributed by atoms with E-state index in [0.717, 1.165) is 37.2 Å². The Bertz CT molecular complexity index is 800. The van der Waals surface area contributed by atoms with Gasteiger partial charge in [-0.25, -0.2) is 0 Å². The standard InChI is InChI=1S/C18H21N5OS/c1-13-5-7-15(8-6-13)23-14(2)21-22-17(23)25-11-16(24)20-18(12-19)9-3-4-10-18/h5-8H,3-4,9-11H2,1-2H3,(H,20,24). The van der Waals surface area contributed by atoms with E-state index in [0.29, 0.717) is 5.16 Å². The predicted molar refractivity (Wildman–Crippen MR) is 96.5 cm³/mol. The van der Waals surface area contributed by atoms with Gasteiger partial charge in [0.15, 0.2) is 5.16 Å². The van der Waals surface area contributed by atoms with Crippen LogP contribution in [0.3, 0.4) is 0 Å². The molecule has 0 radical (unpaired) electrons. The summed E-state index contributed by atoms with van der Waals surface area (Å²) in [7, 11) is 0. The zero-order chi connectivity index (χ0) is 17.9. The maximum Gasteiger partial charge on any atom is 0.231 e. The number of aryl methyl sites for hydroxylation is 2. The van der Waals surface area contributed by atoms with Crippen LogP contribution in [0, 0.1) is 25.2 Å². The number of amides is 1. The lowest BCUT2D eigenvalue weighted by molar-refractivity contribution is -0.119. The monoisotopic (exact) mass is 355 g/mol. The average Bonchev–Trinajstić information content (AvgIpc) is 3.21. The number of hydrogen-bond acceptors (Lipinski definition) is 5. The van der Waals surface area contributed by atoms with Gasteiger partial charge < -0.3 is 5.32 Å². The van der Waals surface area contributed by atoms with Crippen molar-refractivity contribution in [3.8, 4) is 11.8 Å². The zero-order valence-electron chi connectivity index (χ0n) is 14.5. The highest BCUT2D eigenvalue weighted by Gasteiger charge is 2.35. The van der Waals surface area contributed by atoms with Gasteiger partial charge in [-0.05, 0) is 51.7 Å². The summed E-state index contributed by atoms with van der Waals surface area (Å²) in [6, 6.07) is 10.4. The molecule has 0 bridgehead atoms. The number of aromatic nitrogens is 3. The lowest BCUT2D eigenvalue weighted by Crippen LogP contribution is -2.45. The molecule has 130 valence electrons. The van der Waals surface area contributed by atoms with Crippen molar-refractivity contribution in [3.63, 3.8) is 0 Å². The van der Waals surface area contributed by atoms with Gasteiger partial charge in [-0.3, -0.25) is 9.36 Å².